The molecular weight excluding hydrogens is 178 g/mol. The summed E-state index contributed by atoms with van der Waals surface area (Å²) in [4.78, 5) is 0. The molecule has 78 valence electrons. The lowest BCUT2D eigenvalue weighted by molar-refractivity contribution is 0.284. The van der Waals surface area contributed by atoms with Crippen LogP contribution < -0.4 is 5.73 Å². The average molecular weight is 201 g/mol. The summed E-state index contributed by atoms with van der Waals surface area (Å²) in [6.07, 6.45) is 9.06. The highest BCUT2D eigenvalue weighted by Gasteiger charge is 2.36. The molecule has 2 atom stereocenters. The summed E-state index contributed by atoms with van der Waals surface area (Å²) in [5, 5.41) is 0. The van der Waals surface area contributed by atoms with E-state index in [4.69, 9.17) is 5.73 Å². The van der Waals surface area contributed by atoms with Crippen LogP contribution >= 0.6 is 11.8 Å². The van der Waals surface area contributed by atoms with Crippen molar-refractivity contribution < 1.29 is 0 Å². The molecule has 0 bridgehead atoms. The van der Waals surface area contributed by atoms with Crippen molar-refractivity contribution in [2.45, 2.75) is 39.0 Å². The third-order valence-electron chi connectivity index (χ3n) is 3.65. The van der Waals surface area contributed by atoms with Crippen molar-refractivity contribution in [3.05, 3.63) is 0 Å². The lowest BCUT2D eigenvalue weighted by atomic mass is 9.82. The number of hydrogen-bond donors (Lipinski definition) is 1. The second-order valence-corrected chi connectivity index (χ2v) is 5.45. The summed E-state index contributed by atoms with van der Waals surface area (Å²) < 4.78 is 0. The summed E-state index contributed by atoms with van der Waals surface area (Å²) in [6, 6.07) is 0. The number of thioether (sulfide) groups is 1. The van der Waals surface area contributed by atoms with Crippen LogP contribution in [0, 0.1) is 11.3 Å². The molecule has 1 rings (SSSR count). The predicted molar refractivity (Wildman–Crippen MR) is 62.1 cm³/mol. The van der Waals surface area contributed by atoms with Gasteiger partial charge in [0.1, 0.15) is 0 Å². The summed E-state index contributed by atoms with van der Waals surface area (Å²) in [6.45, 7) is 3.22. The largest absolute Gasteiger partial charge is 0.330 e. The first kappa shape index (κ1) is 11.4. The fourth-order valence-corrected chi connectivity index (χ4v) is 3.15. The Balaban J connectivity index is 2.42. The zero-order valence-corrected chi connectivity index (χ0v) is 9.83. The van der Waals surface area contributed by atoms with Crippen LogP contribution in [0.4, 0.5) is 0 Å². The van der Waals surface area contributed by atoms with E-state index >= 15 is 0 Å². The van der Waals surface area contributed by atoms with Crippen LogP contribution in [-0.2, 0) is 0 Å². The minimum Gasteiger partial charge on any atom is -0.330 e. The first-order chi connectivity index (χ1) is 6.26. The van der Waals surface area contributed by atoms with E-state index in [2.05, 4.69) is 13.2 Å². The number of nitrogens with two attached hydrogens (primary N) is 1. The van der Waals surface area contributed by atoms with Gasteiger partial charge >= 0.3 is 0 Å². The molecule has 1 aliphatic rings. The van der Waals surface area contributed by atoms with Gasteiger partial charge in [-0.3, -0.25) is 0 Å². The second kappa shape index (κ2) is 5.26. The highest BCUT2D eigenvalue weighted by Crippen LogP contribution is 2.45. The smallest absolute Gasteiger partial charge is 0.00201 e. The molecule has 1 fully saturated rings. The molecule has 0 saturated heterocycles. The molecule has 0 spiro atoms. The van der Waals surface area contributed by atoms with Crippen molar-refractivity contribution in [1.29, 1.82) is 0 Å². The van der Waals surface area contributed by atoms with E-state index in [0.29, 0.717) is 5.41 Å². The van der Waals surface area contributed by atoms with Crippen LogP contribution in [0.2, 0.25) is 0 Å². The molecule has 2 heteroatoms. The van der Waals surface area contributed by atoms with Crippen molar-refractivity contribution in [1.82, 2.24) is 0 Å². The van der Waals surface area contributed by atoms with Crippen molar-refractivity contribution in [3.63, 3.8) is 0 Å². The maximum Gasteiger partial charge on any atom is -0.00201 e. The minimum absolute atomic E-state index is 0.518. The average Bonchev–Trinajstić information content (AvgIpc) is 2.59. The molecule has 2 N–H and O–H groups in total. The second-order valence-electron chi connectivity index (χ2n) is 4.46. The van der Waals surface area contributed by atoms with Gasteiger partial charge in [-0.2, -0.15) is 11.8 Å². The maximum atomic E-state index is 5.92. The monoisotopic (exact) mass is 201 g/mol. The highest BCUT2D eigenvalue weighted by atomic mass is 32.2. The topological polar surface area (TPSA) is 26.0 Å². The van der Waals surface area contributed by atoms with Gasteiger partial charge in [0.2, 0.25) is 0 Å². The lowest BCUT2D eigenvalue weighted by Gasteiger charge is -2.27. The molecule has 0 radical (unpaired) electrons. The van der Waals surface area contributed by atoms with Gasteiger partial charge in [0.25, 0.3) is 0 Å². The fraction of sp³-hybridized carbons (Fsp3) is 1.00. The first-order valence-electron chi connectivity index (χ1n) is 5.45. The van der Waals surface area contributed by atoms with Crippen LogP contribution in [-0.4, -0.2) is 18.6 Å². The van der Waals surface area contributed by atoms with Gasteiger partial charge in [0.15, 0.2) is 0 Å². The van der Waals surface area contributed by atoms with Gasteiger partial charge in [-0.15, -0.1) is 0 Å². The highest BCUT2D eigenvalue weighted by molar-refractivity contribution is 7.98. The molecule has 0 amide bonds. The Morgan fingerprint density at radius 2 is 2.31 bits per heavy atom. The molecular formula is C11H23NS. The summed E-state index contributed by atoms with van der Waals surface area (Å²) in [5.74, 6) is 2.25. The molecule has 0 aromatic heterocycles. The molecule has 13 heavy (non-hydrogen) atoms. The van der Waals surface area contributed by atoms with Crippen LogP contribution in [0.1, 0.15) is 39.0 Å². The number of hydrogen-bond acceptors (Lipinski definition) is 2. The summed E-state index contributed by atoms with van der Waals surface area (Å²) >= 11 is 1.96. The van der Waals surface area contributed by atoms with E-state index in [1.54, 1.807) is 0 Å². The van der Waals surface area contributed by atoms with E-state index in [0.717, 1.165) is 12.5 Å². The molecule has 0 heterocycles. The van der Waals surface area contributed by atoms with Crippen LogP contribution in [0.25, 0.3) is 0 Å². The van der Waals surface area contributed by atoms with E-state index < -0.39 is 0 Å². The molecule has 0 aromatic carbocycles. The minimum atomic E-state index is 0.518. The number of rotatable bonds is 5. The van der Waals surface area contributed by atoms with Gasteiger partial charge < -0.3 is 5.73 Å². The zero-order chi connectivity index (χ0) is 9.73. The van der Waals surface area contributed by atoms with Gasteiger partial charge in [0, 0.05) is 0 Å². The van der Waals surface area contributed by atoms with E-state index in [1.165, 1.54) is 37.9 Å². The maximum absolute atomic E-state index is 5.92. The SMILES string of the molecule is CCC1CCC(CN)(CCSC)C1. The standard InChI is InChI=1S/C11H23NS/c1-3-10-4-5-11(8-10,9-12)6-7-13-2/h10H,3-9,12H2,1-2H3. The Morgan fingerprint density at radius 1 is 1.54 bits per heavy atom. The van der Waals surface area contributed by atoms with Gasteiger partial charge in [0.05, 0.1) is 0 Å². The first-order valence-corrected chi connectivity index (χ1v) is 6.85. The van der Waals surface area contributed by atoms with Crippen LogP contribution in [0.3, 0.4) is 0 Å². The quantitative estimate of drug-likeness (QED) is 0.740. The Kier molecular flexibility index (Phi) is 4.60. The van der Waals surface area contributed by atoms with Gasteiger partial charge in [-0.05, 0) is 55.6 Å². The summed E-state index contributed by atoms with van der Waals surface area (Å²) in [5.41, 5.74) is 6.43. The molecule has 1 nitrogen and oxygen atoms in total. The van der Waals surface area contributed by atoms with Gasteiger partial charge in [-0.25, -0.2) is 0 Å². The van der Waals surface area contributed by atoms with Crippen molar-refractivity contribution in [2.75, 3.05) is 18.6 Å². The lowest BCUT2D eigenvalue weighted by Crippen LogP contribution is -2.28. The molecule has 0 aliphatic heterocycles. The van der Waals surface area contributed by atoms with Crippen LogP contribution in [0.5, 0.6) is 0 Å². The third kappa shape index (κ3) is 2.88. The van der Waals surface area contributed by atoms with E-state index in [-0.39, 0.29) is 0 Å². The molecule has 2 unspecified atom stereocenters. The van der Waals surface area contributed by atoms with Gasteiger partial charge in [-0.1, -0.05) is 13.3 Å². The predicted octanol–water partition coefficient (Wildman–Crippen LogP) is 2.89. The molecule has 1 saturated carbocycles. The third-order valence-corrected chi connectivity index (χ3v) is 4.26. The Morgan fingerprint density at radius 3 is 2.77 bits per heavy atom. The molecule has 1 aliphatic carbocycles. The van der Waals surface area contributed by atoms with Crippen LogP contribution in [0.15, 0.2) is 0 Å². The van der Waals surface area contributed by atoms with E-state index in [1.807, 2.05) is 11.8 Å². The Labute approximate surface area is 86.8 Å². The summed E-state index contributed by atoms with van der Waals surface area (Å²) in [7, 11) is 0. The van der Waals surface area contributed by atoms with E-state index in [9.17, 15) is 0 Å². The Hall–Kier alpha value is 0.310. The van der Waals surface area contributed by atoms with Crippen molar-refractivity contribution >= 4 is 11.8 Å². The van der Waals surface area contributed by atoms with Crippen molar-refractivity contribution in [2.24, 2.45) is 17.1 Å². The molecule has 0 aromatic rings. The zero-order valence-electron chi connectivity index (χ0n) is 9.01. The fourth-order valence-electron chi connectivity index (χ4n) is 2.51. The Bertz CT molecular complexity index is 149. The van der Waals surface area contributed by atoms with Crippen molar-refractivity contribution in [3.8, 4) is 0 Å². The normalized spacial score (nSPS) is 33.9.